The molecule has 3 nitrogen and oxygen atoms in total. The molecule has 0 aromatic rings. The van der Waals surface area contributed by atoms with Crippen LogP contribution in [0.4, 0.5) is 0 Å². The second-order valence-electron chi connectivity index (χ2n) is 6.15. The summed E-state index contributed by atoms with van der Waals surface area (Å²) in [6.45, 7) is -0.134. The van der Waals surface area contributed by atoms with Gasteiger partial charge in [0.15, 0.2) is 0 Å². The first-order valence-electron chi connectivity index (χ1n) is 8.62. The highest BCUT2D eigenvalue weighted by Gasteiger charge is 2.11. The van der Waals surface area contributed by atoms with Gasteiger partial charge in [-0.15, -0.1) is 0 Å². The van der Waals surface area contributed by atoms with Gasteiger partial charge in [0.25, 0.3) is 0 Å². The van der Waals surface area contributed by atoms with Crippen molar-refractivity contribution in [3.05, 3.63) is 0 Å². The molecular weight excluding hydrogens is 252 g/mol. The van der Waals surface area contributed by atoms with Gasteiger partial charge in [-0.05, 0) is 12.8 Å². The minimum absolute atomic E-state index is 0.134. The van der Waals surface area contributed by atoms with Crippen LogP contribution >= 0.6 is 0 Å². The Morgan fingerprint density at radius 1 is 0.750 bits per heavy atom. The Morgan fingerprint density at radius 3 is 1.45 bits per heavy atom. The fourth-order valence-electron chi connectivity index (χ4n) is 3.01. The summed E-state index contributed by atoms with van der Waals surface area (Å²) in [4.78, 5) is 10.6. The van der Waals surface area contributed by atoms with E-state index in [0.29, 0.717) is 0 Å². The van der Waals surface area contributed by atoms with Crippen LogP contribution in [-0.4, -0.2) is 23.8 Å². The Hall–Kier alpha value is -0.570. The Labute approximate surface area is 124 Å². The average molecular weight is 284 g/mol. The van der Waals surface area contributed by atoms with Crippen LogP contribution in [0.2, 0.25) is 0 Å². The van der Waals surface area contributed by atoms with Gasteiger partial charge in [-0.25, -0.2) is 4.79 Å². The van der Waals surface area contributed by atoms with E-state index in [2.05, 4.69) is 0 Å². The third-order valence-corrected chi connectivity index (χ3v) is 4.24. The van der Waals surface area contributed by atoms with E-state index < -0.39 is 5.97 Å². The molecule has 1 rings (SSSR count). The lowest BCUT2D eigenvalue weighted by molar-refractivity contribution is -0.144. The molecule has 0 atom stereocenters. The minimum Gasteiger partial charge on any atom is -0.480 e. The maximum atomic E-state index is 10.6. The second-order valence-corrected chi connectivity index (χ2v) is 6.15. The third-order valence-electron chi connectivity index (χ3n) is 4.24. The van der Waals surface area contributed by atoms with Crippen LogP contribution in [0.15, 0.2) is 0 Å². The number of carboxylic acids is 1. The van der Waals surface area contributed by atoms with Crippen molar-refractivity contribution in [2.75, 3.05) is 6.61 Å². The molecule has 0 unspecified atom stereocenters. The molecule has 0 aromatic carbocycles. The van der Waals surface area contributed by atoms with Crippen LogP contribution in [0.1, 0.15) is 89.9 Å². The van der Waals surface area contributed by atoms with Crippen LogP contribution < -0.4 is 0 Å². The Balaban J connectivity index is 2.26. The standard InChI is InChI=1S/C17H32O3/c18-17(19)15-20-16-13-11-9-7-5-3-1-2-4-6-8-10-12-14-16/h16H,1-15H2,(H,18,19). The van der Waals surface area contributed by atoms with Gasteiger partial charge < -0.3 is 9.84 Å². The van der Waals surface area contributed by atoms with Gasteiger partial charge in [0.1, 0.15) is 6.61 Å². The van der Waals surface area contributed by atoms with Crippen molar-refractivity contribution < 1.29 is 14.6 Å². The molecule has 1 aliphatic carbocycles. The normalized spacial score (nSPS) is 21.8. The highest BCUT2D eigenvalue weighted by atomic mass is 16.5. The molecule has 0 spiro atoms. The fourth-order valence-corrected chi connectivity index (χ4v) is 3.01. The lowest BCUT2D eigenvalue weighted by Gasteiger charge is -2.16. The lowest BCUT2D eigenvalue weighted by Crippen LogP contribution is -2.18. The molecule has 0 amide bonds. The highest BCUT2D eigenvalue weighted by molar-refractivity contribution is 5.68. The van der Waals surface area contributed by atoms with Gasteiger partial charge in [0, 0.05) is 0 Å². The van der Waals surface area contributed by atoms with Crippen molar-refractivity contribution >= 4 is 5.97 Å². The zero-order chi connectivity index (χ0) is 14.5. The average Bonchev–Trinajstić information content (AvgIpc) is 2.44. The van der Waals surface area contributed by atoms with E-state index in [9.17, 15) is 4.79 Å². The molecule has 0 saturated heterocycles. The van der Waals surface area contributed by atoms with Crippen molar-refractivity contribution in [2.24, 2.45) is 0 Å². The summed E-state index contributed by atoms with van der Waals surface area (Å²) in [7, 11) is 0. The van der Waals surface area contributed by atoms with Gasteiger partial charge in [0.05, 0.1) is 6.10 Å². The molecule has 1 N–H and O–H groups in total. The van der Waals surface area contributed by atoms with E-state index in [1.807, 2.05) is 0 Å². The lowest BCUT2D eigenvalue weighted by atomic mass is 10.0. The summed E-state index contributed by atoms with van der Waals surface area (Å²) in [5.74, 6) is -0.846. The van der Waals surface area contributed by atoms with Crippen LogP contribution in [0, 0.1) is 0 Å². The molecule has 1 saturated carbocycles. The van der Waals surface area contributed by atoms with Crippen molar-refractivity contribution in [3.63, 3.8) is 0 Å². The molecule has 1 fully saturated rings. The number of aliphatic carboxylic acids is 1. The van der Waals surface area contributed by atoms with E-state index in [1.54, 1.807) is 0 Å². The van der Waals surface area contributed by atoms with Crippen LogP contribution in [0.3, 0.4) is 0 Å². The summed E-state index contributed by atoms with van der Waals surface area (Å²) in [5, 5.41) is 8.73. The van der Waals surface area contributed by atoms with Gasteiger partial charge in [0.2, 0.25) is 0 Å². The number of ether oxygens (including phenoxy) is 1. The zero-order valence-electron chi connectivity index (χ0n) is 12.9. The van der Waals surface area contributed by atoms with Crippen molar-refractivity contribution in [1.29, 1.82) is 0 Å². The Kier molecular flexibility index (Phi) is 10.7. The monoisotopic (exact) mass is 284 g/mol. The molecule has 20 heavy (non-hydrogen) atoms. The molecule has 1 aliphatic rings. The Bertz CT molecular complexity index is 224. The van der Waals surface area contributed by atoms with Crippen LogP contribution in [0.5, 0.6) is 0 Å². The smallest absolute Gasteiger partial charge is 0.329 e. The van der Waals surface area contributed by atoms with Crippen molar-refractivity contribution in [2.45, 2.75) is 96.0 Å². The molecule has 0 heterocycles. The van der Waals surface area contributed by atoms with Crippen molar-refractivity contribution in [1.82, 2.24) is 0 Å². The fraction of sp³-hybridized carbons (Fsp3) is 0.941. The third kappa shape index (κ3) is 10.2. The predicted molar refractivity (Wildman–Crippen MR) is 82.0 cm³/mol. The van der Waals surface area contributed by atoms with E-state index in [0.717, 1.165) is 12.8 Å². The second kappa shape index (κ2) is 12.2. The SMILES string of the molecule is O=C(O)COC1CCCCCCCCCCCCCC1. The zero-order valence-corrected chi connectivity index (χ0v) is 12.9. The number of rotatable bonds is 3. The van der Waals surface area contributed by atoms with E-state index in [-0.39, 0.29) is 12.7 Å². The maximum absolute atomic E-state index is 10.6. The van der Waals surface area contributed by atoms with Gasteiger partial charge in [-0.2, -0.15) is 0 Å². The molecule has 0 radical (unpaired) electrons. The molecular formula is C17H32O3. The van der Waals surface area contributed by atoms with E-state index >= 15 is 0 Å². The van der Waals surface area contributed by atoms with Crippen LogP contribution in [-0.2, 0) is 9.53 Å². The molecule has 118 valence electrons. The topological polar surface area (TPSA) is 46.5 Å². The Morgan fingerprint density at radius 2 is 1.10 bits per heavy atom. The first-order valence-corrected chi connectivity index (χ1v) is 8.62. The highest BCUT2D eigenvalue weighted by Crippen LogP contribution is 2.18. The molecule has 3 heteroatoms. The number of hydrogen-bond donors (Lipinski definition) is 1. The van der Waals surface area contributed by atoms with Crippen LogP contribution in [0.25, 0.3) is 0 Å². The number of carboxylic acid groups (broad SMARTS) is 1. The van der Waals surface area contributed by atoms with Crippen molar-refractivity contribution in [3.8, 4) is 0 Å². The largest absolute Gasteiger partial charge is 0.480 e. The predicted octanol–water partition coefficient (Wildman–Crippen LogP) is 4.93. The first kappa shape index (κ1) is 17.5. The maximum Gasteiger partial charge on any atom is 0.329 e. The summed E-state index contributed by atoms with van der Waals surface area (Å²) < 4.78 is 5.53. The number of hydrogen-bond acceptors (Lipinski definition) is 2. The number of carbonyl (C=O) groups is 1. The summed E-state index contributed by atoms with van der Waals surface area (Å²) in [6.07, 6.45) is 18.1. The van der Waals surface area contributed by atoms with Gasteiger partial charge in [-0.1, -0.05) is 77.0 Å². The molecule has 0 bridgehead atoms. The van der Waals surface area contributed by atoms with E-state index in [4.69, 9.17) is 9.84 Å². The summed E-state index contributed by atoms with van der Waals surface area (Å²) >= 11 is 0. The molecule has 0 aromatic heterocycles. The first-order chi connectivity index (χ1) is 9.79. The van der Waals surface area contributed by atoms with Gasteiger partial charge in [-0.3, -0.25) is 0 Å². The minimum atomic E-state index is -0.846. The quantitative estimate of drug-likeness (QED) is 0.799. The summed E-state index contributed by atoms with van der Waals surface area (Å²) in [5.41, 5.74) is 0. The summed E-state index contributed by atoms with van der Waals surface area (Å²) in [6, 6.07) is 0. The van der Waals surface area contributed by atoms with Gasteiger partial charge >= 0.3 is 5.97 Å². The molecule has 0 aliphatic heterocycles. The van der Waals surface area contributed by atoms with E-state index in [1.165, 1.54) is 77.0 Å².